The molecule has 0 radical (unpaired) electrons. The van der Waals surface area contributed by atoms with Crippen molar-refractivity contribution in [3.05, 3.63) is 29.8 Å². The zero-order valence-corrected chi connectivity index (χ0v) is 11.7. The summed E-state index contributed by atoms with van der Waals surface area (Å²) in [5.41, 5.74) is 2.84. The molecule has 0 bridgehead atoms. The molecular formula is C14H20BrN. The molecule has 0 aliphatic heterocycles. The van der Waals surface area contributed by atoms with E-state index in [2.05, 4.69) is 58.9 Å². The lowest BCUT2D eigenvalue weighted by Gasteiger charge is -2.28. The molecule has 1 saturated carbocycles. The number of hydrogen-bond donors (Lipinski definition) is 0. The van der Waals surface area contributed by atoms with Gasteiger partial charge in [-0.2, -0.15) is 0 Å². The molecule has 0 unspecified atom stereocenters. The maximum Gasteiger partial charge on any atom is 0.0409 e. The Hall–Kier alpha value is -0.500. The van der Waals surface area contributed by atoms with Crippen molar-refractivity contribution in [2.24, 2.45) is 5.92 Å². The molecule has 16 heavy (non-hydrogen) atoms. The fourth-order valence-corrected chi connectivity index (χ4v) is 2.60. The van der Waals surface area contributed by atoms with E-state index in [4.69, 9.17) is 0 Å². The second-order valence-corrected chi connectivity index (χ2v) is 5.60. The van der Waals surface area contributed by atoms with E-state index in [1.54, 1.807) is 0 Å². The fraction of sp³-hybridized carbons (Fsp3) is 0.571. The second-order valence-electron chi connectivity index (χ2n) is 5.04. The normalized spacial score (nSPS) is 15.5. The van der Waals surface area contributed by atoms with Crippen LogP contribution in [-0.2, 0) is 5.33 Å². The third-order valence-electron chi connectivity index (χ3n) is 2.99. The van der Waals surface area contributed by atoms with Crippen LogP contribution in [-0.4, -0.2) is 12.6 Å². The zero-order valence-electron chi connectivity index (χ0n) is 10.1. The Morgan fingerprint density at radius 1 is 1.31 bits per heavy atom. The van der Waals surface area contributed by atoms with Gasteiger partial charge >= 0.3 is 0 Å². The van der Waals surface area contributed by atoms with Crippen LogP contribution in [0.3, 0.4) is 0 Å². The molecule has 1 aliphatic rings. The maximum absolute atomic E-state index is 3.59. The van der Waals surface area contributed by atoms with Gasteiger partial charge in [0.1, 0.15) is 0 Å². The van der Waals surface area contributed by atoms with E-state index >= 15 is 0 Å². The minimum Gasteiger partial charge on any atom is -0.368 e. The van der Waals surface area contributed by atoms with E-state index in [1.807, 2.05) is 0 Å². The lowest BCUT2D eigenvalue weighted by Crippen LogP contribution is -2.30. The second kappa shape index (κ2) is 5.22. The quantitative estimate of drug-likeness (QED) is 0.731. The Labute approximate surface area is 107 Å². The van der Waals surface area contributed by atoms with Crippen LogP contribution >= 0.6 is 15.9 Å². The molecule has 0 atom stereocenters. The summed E-state index contributed by atoms with van der Waals surface area (Å²) in [7, 11) is 0. The predicted octanol–water partition coefficient (Wildman–Crippen LogP) is 4.21. The van der Waals surface area contributed by atoms with Crippen molar-refractivity contribution in [3.8, 4) is 0 Å². The van der Waals surface area contributed by atoms with Gasteiger partial charge in [-0.05, 0) is 30.4 Å². The molecule has 1 nitrogen and oxygen atoms in total. The maximum atomic E-state index is 3.59. The monoisotopic (exact) mass is 281 g/mol. The van der Waals surface area contributed by atoms with Crippen molar-refractivity contribution in [2.45, 2.75) is 38.1 Å². The van der Waals surface area contributed by atoms with Crippen LogP contribution in [0.2, 0.25) is 0 Å². The highest BCUT2D eigenvalue weighted by atomic mass is 79.9. The molecule has 0 saturated heterocycles. The Morgan fingerprint density at radius 3 is 2.56 bits per heavy atom. The van der Waals surface area contributed by atoms with Crippen LogP contribution in [0.4, 0.5) is 5.69 Å². The lowest BCUT2D eigenvalue weighted by molar-refractivity contribution is 0.606. The first-order chi connectivity index (χ1) is 7.72. The van der Waals surface area contributed by atoms with Gasteiger partial charge in [0, 0.05) is 23.6 Å². The van der Waals surface area contributed by atoms with Crippen LogP contribution in [0.5, 0.6) is 0 Å². The van der Waals surface area contributed by atoms with Gasteiger partial charge in [-0.3, -0.25) is 0 Å². The number of nitrogens with zero attached hydrogens (tertiary/aromatic N) is 1. The summed E-state index contributed by atoms with van der Waals surface area (Å²) in [6, 6.07) is 9.55. The number of para-hydroxylation sites is 1. The van der Waals surface area contributed by atoms with E-state index in [0.717, 1.165) is 17.3 Å². The number of alkyl halides is 1. The highest BCUT2D eigenvalue weighted by Gasteiger charge is 2.30. The largest absolute Gasteiger partial charge is 0.368 e. The van der Waals surface area contributed by atoms with E-state index < -0.39 is 0 Å². The minimum atomic E-state index is 0.726. The third kappa shape index (κ3) is 2.79. The van der Waals surface area contributed by atoms with Crippen molar-refractivity contribution < 1.29 is 0 Å². The van der Waals surface area contributed by atoms with Gasteiger partial charge < -0.3 is 4.90 Å². The molecule has 0 N–H and O–H groups in total. The van der Waals surface area contributed by atoms with E-state index in [1.165, 1.54) is 30.6 Å². The molecule has 88 valence electrons. The molecule has 1 aromatic rings. The van der Waals surface area contributed by atoms with Gasteiger partial charge in [0.15, 0.2) is 0 Å². The molecule has 0 aromatic heterocycles. The fourth-order valence-electron chi connectivity index (χ4n) is 2.13. The van der Waals surface area contributed by atoms with Crippen LogP contribution in [0.25, 0.3) is 0 Å². The smallest absolute Gasteiger partial charge is 0.0409 e. The van der Waals surface area contributed by atoms with Crippen molar-refractivity contribution in [1.29, 1.82) is 0 Å². The van der Waals surface area contributed by atoms with Gasteiger partial charge in [-0.25, -0.2) is 0 Å². The first-order valence-electron chi connectivity index (χ1n) is 6.13. The molecular weight excluding hydrogens is 262 g/mol. The number of benzene rings is 1. The highest BCUT2D eigenvalue weighted by Crippen LogP contribution is 2.34. The van der Waals surface area contributed by atoms with Crippen molar-refractivity contribution >= 4 is 21.6 Å². The Bertz CT molecular complexity index is 344. The SMILES string of the molecule is CC(C)CN(c1ccccc1CBr)C1CC1. The third-order valence-corrected chi connectivity index (χ3v) is 3.60. The average Bonchev–Trinajstić information content (AvgIpc) is 3.09. The zero-order chi connectivity index (χ0) is 11.5. The lowest BCUT2D eigenvalue weighted by atomic mass is 10.1. The van der Waals surface area contributed by atoms with E-state index in [0.29, 0.717) is 0 Å². The Balaban J connectivity index is 2.23. The topological polar surface area (TPSA) is 3.24 Å². The van der Waals surface area contributed by atoms with E-state index in [9.17, 15) is 0 Å². The highest BCUT2D eigenvalue weighted by molar-refractivity contribution is 9.08. The molecule has 2 heteroatoms. The van der Waals surface area contributed by atoms with Gasteiger partial charge in [-0.15, -0.1) is 0 Å². The van der Waals surface area contributed by atoms with Crippen LogP contribution in [0.1, 0.15) is 32.3 Å². The number of anilines is 1. The van der Waals surface area contributed by atoms with Crippen LogP contribution < -0.4 is 4.90 Å². The summed E-state index contributed by atoms with van der Waals surface area (Å²) < 4.78 is 0. The molecule has 0 heterocycles. The Morgan fingerprint density at radius 2 is 2.00 bits per heavy atom. The standard InChI is InChI=1S/C14H20BrN/c1-11(2)10-16(13-7-8-13)14-6-4-3-5-12(14)9-15/h3-6,11,13H,7-10H2,1-2H3. The molecule has 1 aromatic carbocycles. The average molecular weight is 282 g/mol. The van der Waals surface area contributed by atoms with Gasteiger partial charge in [0.05, 0.1) is 0 Å². The summed E-state index contributed by atoms with van der Waals surface area (Å²) in [5, 5.41) is 0.949. The van der Waals surface area contributed by atoms with Crippen LogP contribution in [0, 0.1) is 5.92 Å². The van der Waals surface area contributed by atoms with Gasteiger partial charge in [-0.1, -0.05) is 48.0 Å². The molecule has 2 rings (SSSR count). The Kier molecular flexibility index (Phi) is 3.91. The number of halogens is 1. The van der Waals surface area contributed by atoms with E-state index in [-0.39, 0.29) is 0 Å². The molecule has 1 fully saturated rings. The number of hydrogen-bond acceptors (Lipinski definition) is 1. The van der Waals surface area contributed by atoms with Crippen LogP contribution in [0.15, 0.2) is 24.3 Å². The van der Waals surface area contributed by atoms with Gasteiger partial charge in [0.25, 0.3) is 0 Å². The van der Waals surface area contributed by atoms with Crippen molar-refractivity contribution in [1.82, 2.24) is 0 Å². The summed E-state index contributed by atoms with van der Waals surface area (Å²) >= 11 is 3.59. The van der Waals surface area contributed by atoms with Crippen molar-refractivity contribution in [3.63, 3.8) is 0 Å². The summed E-state index contributed by atoms with van der Waals surface area (Å²) in [4.78, 5) is 2.60. The van der Waals surface area contributed by atoms with Gasteiger partial charge in [0.2, 0.25) is 0 Å². The summed E-state index contributed by atoms with van der Waals surface area (Å²) in [6.45, 7) is 5.77. The van der Waals surface area contributed by atoms with Crippen molar-refractivity contribution in [2.75, 3.05) is 11.4 Å². The summed E-state index contributed by atoms with van der Waals surface area (Å²) in [6.07, 6.45) is 2.73. The first kappa shape index (κ1) is 12.0. The molecule has 1 aliphatic carbocycles. The summed E-state index contributed by atoms with van der Waals surface area (Å²) in [5.74, 6) is 0.726. The molecule has 0 amide bonds. The first-order valence-corrected chi connectivity index (χ1v) is 7.25. The predicted molar refractivity (Wildman–Crippen MR) is 74.3 cm³/mol. The number of rotatable bonds is 5. The molecule has 0 spiro atoms. The minimum absolute atomic E-state index is 0.726.